The molecule has 5 amide bonds. The maximum absolute atomic E-state index is 14.0. The zero-order valence-corrected chi connectivity index (χ0v) is 31.2. The van der Waals surface area contributed by atoms with E-state index >= 15 is 0 Å². The number of nitrogens with two attached hydrogens (primary N) is 2. The number of amides is 5. The van der Waals surface area contributed by atoms with Crippen LogP contribution >= 0.6 is 0 Å². The SMILES string of the molecule is CCC(=O)N1CC2(CCN(C(=O)[C@@H](CCCCN)NC(=O)[C@@H](CC(C)C)NC(=O)[C@@H](Cc3ccccc3)NC(=O)[C@H](N)Cc3ccccc3)CC2)C1. The Labute approximate surface area is 308 Å². The fourth-order valence-corrected chi connectivity index (χ4v) is 7.20. The summed E-state index contributed by atoms with van der Waals surface area (Å²) in [6.07, 6.45) is 4.76. The predicted molar refractivity (Wildman–Crippen MR) is 202 cm³/mol. The van der Waals surface area contributed by atoms with E-state index in [4.69, 9.17) is 11.5 Å². The van der Waals surface area contributed by atoms with Crippen molar-refractivity contribution in [3.8, 4) is 0 Å². The third-order valence-corrected chi connectivity index (χ3v) is 10.3. The monoisotopic (exact) mass is 717 g/mol. The largest absolute Gasteiger partial charge is 0.343 e. The number of piperidine rings is 1. The molecule has 52 heavy (non-hydrogen) atoms. The number of likely N-dealkylation sites (tertiary alicyclic amines) is 2. The first-order valence-corrected chi connectivity index (χ1v) is 18.9. The molecule has 2 aromatic rings. The summed E-state index contributed by atoms with van der Waals surface area (Å²) in [5.74, 6) is -1.35. The maximum Gasteiger partial charge on any atom is 0.245 e. The molecule has 2 aliphatic rings. The standard InChI is InChI=1S/C40H59N7O5/c1-4-35(48)47-26-40(27-47)18-21-46(22-19-40)39(52)32(17-11-12-20-41)43-37(50)33(23-28(2)3)45-38(51)34(25-30-15-9-6-10-16-30)44-36(49)31(42)24-29-13-7-5-8-14-29/h5-10,13-16,28,31-34H,4,11-12,17-27,41-42H2,1-3H3,(H,43,50)(H,44,49)(H,45,51)/t31-,32-,33-,34-/m1/s1. The first-order chi connectivity index (χ1) is 24.9. The molecule has 0 aromatic heterocycles. The van der Waals surface area contributed by atoms with Gasteiger partial charge in [0.2, 0.25) is 29.5 Å². The second kappa shape index (κ2) is 19.5. The number of hydrogen-bond donors (Lipinski definition) is 5. The summed E-state index contributed by atoms with van der Waals surface area (Å²) in [5, 5.41) is 8.75. The Morgan fingerprint density at radius 2 is 1.27 bits per heavy atom. The molecule has 2 aliphatic heterocycles. The third-order valence-electron chi connectivity index (χ3n) is 10.3. The number of carbonyl (C=O) groups excluding carboxylic acids is 5. The average molecular weight is 718 g/mol. The van der Waals surface area contributed by atoms with Crippen molar-refractivity contribution >= 4 is 29.5 Å². The van der Waals surface area contributed by atoms with Gasteiger partial charge >= 0.3 is 0 Å². The molecule has 0 saturated carbocycles. The van der Waals surface area contributed by atoms with Gasteiger partial charge in [-0.3, -0.25) is 24.0 Å². The van der Waals surface area contributed by atoms with Gasteiger partial charge in [-0.1, -0.05) is 81.4 Å². The molecular weight excluding hydrogens is 658 g/mol. The molecule has 4 atom stereocenters. The van der Waals surface area contributed by atoms with Crippen LogP contribution in [0.15, 0.2) is 60.7 Å². The number of nitrogens with zero attached hydrogens (tertiary/aromatic N) is 2. The van der Waals surface area contributed by atoms with Crippen molar-refractivity contribution in [1.82, 2.24) is 25.8 Å². The van der Waals surface area contributed by atoms with Crippen LogP contribution in [0.25, 0.3) is 0 Å². The van der Waals surface area contributed by atoms with Crippen LogP contribution in [0.5, 0.6) is 0 Å². The van der Waals surface area contributed by atoms with E-state index in [0.29, 0.717) is 58.2 Å². The van der Waals surface area contributed by atoms with Crippen LogP contribution in [0.2, 0.25) is 0 Å². The van der Waals surface area contributed by atoms with E-state index in [1.165, 1.54) is 0 Å². The van der Waals surface area contributed by atoms with Crippen LogP contribution in [0, 0.1) is 11.3 Å². The van der Waals surface area contributed by atoms with Crippen molar-refractivity contribution in [1.29, 1.82) is 0 Å². The summed E-state index contributed by atoms with van der Waals surface area (Å²) < 4.78 is 0. The van der Waals surface area contributed by atoms with E-state index in [2.05, 4.69) is 16.0 Å². The Kier molecular flexibility index (Phi) is 15.2. The molecule has 7 N–H and O–H groups in total. The molecule has 2 saturated heterocycles. The average Bonchev–Trinajstić information content (AvgIpc) is 3.12. The molecule has 12 nitrogen and oxygen atoms in total. The Hall–Kier alpha value is -4.29. The van der Waals surface area contributed by atoms with E-state index in [1.54, 1.807) is 0 Å². The first-order valence-electron chi connectivity index (χ1n) is 18.9. The van der Waals surface area contributed by atoms with Crippen molar-refractivity contribution in [2.45, 2.75) is 103 Å². The van der Waals surface area contributed by atoms with Crippen LogP contribution in [0.3, 0.4) is 0 Å². The molecule has 0 bridgehead atoms. The molecular formula is C40H59N7O5. The minimum absolute atomic E-state index is 0.0452. The van der Waals surface area contributed by atoms with Gasteiger partial charge in [0.1, 0.15) is 18.1 Å². The van der Waals surface area contributed by atoms with Crippen LogP contribution in [0.1, 0.15) is 76.8 Å². The maximum atomic E-state index is 14.0. The van der Waals surface area contributed by atoms with Gasteiger partial charge in [-0.05, 0) is 68.5 Å². The topological polar surface area (TPSA) is 180 Å². The third kappa shape index (κ3) is 11.6. The second-order valence-corrected chi connectivity index (χ2v) is 15.0. The van der Waals surface area contributed by atoms with E-state index in [-0.39, 0.29) is 29.6 Å². The molecule has 284 valence electrons. The fraction of sp³-hybridized carbons (Fsp3) is 0.575. The van der Waals surface area contributed by atoms with Crippen LogP contribution < -0.4 is 27.4 Å². The lowest BCUT2D eigenvalue weighted by atomic mass is 9.71. The normalized spacial score (nSPS) is 17.4. The summed E-state index contributed by atoms with van der Waals surface area (Å²) in [6.45, 7) is 8.87. The summed E-state index contributed by atoms with van der Waals surface area (Å²) in [7, 11) is 0. The van der Waals surface area contributed by atoms with Crippen molar-refractivity contribution in [2.24, 2.45) is 22.8 Å². The number of hydrogen-bond acceptors (Lipinski definition) is 7. The first kappa shape index (κ1) is 40.5. The van der Waals surface area contributed by atoms with Crippen LogP contribution in [0.4, 0.5) is 0 Å². The van der Waals surface area contributed by atoms with Gasteiger partial charge in [0.25, 0.3) is 0 Å². The minimum Gasteiger partial charge on any atom is -0.343 e. The summed E-state index contributed by atoms with van der Waals surface area (Å²) >= 11 is 0. The van der Waals surface area contributed by atoms with Gasteiger partial charge in [0.15, 0.2) is 0 Å². The number of nitrogens with one attached hydrogen (secondary N) is 3. The highest BCUT2D eigenvalue weighted by Gasteiger charge is 2.47. The van der Waals surface area contributed by atoms with Crippen molar-refractivity contribution < 1.29 is 24.0 Å². The van der Waals surface area contributed by atoms with E-state index in [9.17, 15) is 24.0 Å². The second-order valence-electron chi connectivity index (χ2n) is 15.0. The highest BCUT2D eigenvalue weighted by Crippen LogP contribution is 2.40. The zero-order valence-electron chi connectivity index (χ0n) is 31.2. The van der Waals surface area contributed by atoms with Gasteiger partial charge in [0.05, 0.1) is 6.04 Å². The summed E-state index contributed by atoms with van der Waals surface area (Å²) in [5.41, 5.74) is 13.9. The van der Waals surface area contributed by atoms with Gasteiger partial charge in [0, 0.05) is 44.4 Å². The molecule has 4 rings (SSSR count). The smallest absolute Gasteiger partial charge is 0.245 e. The summed E-state index contributed by atoms with van der Waals surface area (Å²) in [6, 6.07) is 15.2. The number of benzene rings is 2. The zero-order chi connectivity index (χ0) is 37.7. The van der Waals surface area contributed by atoms with Crippen molar-refractivity contribution in [3.63, 3.8) is 0 Å². The van der Waals surface area contributed by atoms with E-state index in [0.717, 1.165) is 37.1 Å². The van der Waals surface area contributed by atoms with Gasteiger partial charge in [-0.25, -0.2) is 0 Å². The van der Waals surface area contributed by atoms with E-state index in [1.807, 2.05) is 91.2 Å². The molecule has 0 radical (unpaired) electrons. The number of carbonyl (C=O) groups is 5. The number of unbranched alkanes of at least 4 members (excludes halogenated alkanes) is 1. The summed E-state index contributed by atoms with van der Waals surface area (Å²) in [4.78, 5) is 71.0. The molecule has 2 heterocycles. The molecule has 1 spiro atoms. The van der Waals surface area contributed by atoms with Gasteiger partial charge in [-0.15, -0.1) is 0 Å². The Balaban J connectivity index is 1.44. The highest BCUT2D eigenvalue weighted by molar-refractivity contribution is 5.95. The lowest BCUT2D eigenvalue weighted by molar-refractivity contribution is -0.151. The molecule has 2 fully saturated rings. The van der Waals surface area contributed by atoms with Crippen LogP contribution in [-0.4, -0.2) is 96.2 Å². The van der Waals surface area contributed by atoms with Gasteiger partial charge in [-0.2, -0.15) is 0 Å². The molecule has 2 aromatic carbocycles. The minimum atomic E-state index is -0.989. The lowest BCUT2D eigenvalue weighted by Crippen LogP contribution is -2.63. The Bertz CT molecular complexity index is 1470. The molecule has 0 unspecified atom stereocenters. The Morgan fingerprint density at radius 1 is 0.731 bits per heavy atom. The molecule has 12 heteroatoms. The van der Waals surface area contributed by atoms with Crippen molar-refractivity contribution in [2.75, 3.05) is 32.7 Å². The van der Waals surface area contributed by atoms with Crippen molar-refractivity contribution in [3.05, 3.63) is 71.8 Å². The number of rotatable bonds is 18. The molecule has 0 aliphatic carbocycles. The highest BCUT2D eigenvalue weighted by atomic mass is 16.2. The van der Waals surface area contributed by atoms with Gasteiger partial charge < -0.3 is 37.2 Å². The fourth-order valence-electron chi connectivity index (χ4n) is 7.20. The van der Waals surface area contributed by atoms with E-state index < -0.39 is 41.9 Å². The Morgan fingerprint density at radius 3 is 1.83 bits per heavy atom. The predicted octanol–water partition coefficient (Wildman–Crippen LogP) is 2.29. The quantitative estimate of drug-likeness (QED) is 0.147. The van der Waals surface area contributed by atoms with Crippen LogP contribution in [-0.2, 0) is 36.8 Å². The lowest BCUT2D eigenvalue weighted by Gasteiger charge is -2.54.